The smallest absolute Gasteiger partial charge is 0.123 e. The fourth-order valence-electron chi connectivity index (χ4n) is 2.30. The molecule has 2 aromatic rings. The van der Waals surface area contributed by atoms with Crippen molar-refractivity contribution in [3.63, 3.8) is 0 Å². The van der Waals surface area contributed by atoms with Crippen molar-refractivity contribution >= 4 is 0 Å². The molecule has 0 heterocycles. The number of halogens is 1. The van der Waals surface area contributed by atoms with E-state index in [0.717, 1.165) is 18.4 Å². The van der Waals surface area contributed by atoms with Gasteiger partial charge in [0, 0.05) is 12.6 Å². The number of rotatable bonds is 7. The van der Waals surface area contributed by atoms with Crippen LogP contribution in [0, 0.1) is 5.82 Å². The summed E-state index contributed by atoms with van der Waals surface area (Å²) in [5, 5.41) is 22.8. The van der Waals surface area contributed by atoms with Gasteiger partial charge in [-0.3, -0.25) is 0 Å². The number of phenols is 1. The summed E-state index contributed by atoms with van der Waals surface area (Å²) in [6.07, 6.45) is 1.11. The molecule has 0 aliphatic carbocycles. The molecule has 0 radical (unpaired) electrons. The topological polar surface area (TPSA) is 52.5 Å². The standard InChI is InChI=1S/C18H22FNO2/c1-13(5-6-14-7-9-16(19)10-8-14)20-12-18(22)15-3-2-4-17(21)11-15/h2-4,7-11,13,18,20-22H,5-6,12H2,1H3/t13-,18?/m1/s1. The van der Waals surface area contributed by atoms with E-state index in [-0.39, 0.29) is 17.6 Å². The third-order valence-corrected chi connectivity index (χ3v) is 3.69. The van der Waals surface area contributed by atoms with Crippen molar-refractivity contribution in [3.8, 4) is 5.75 Å². The third-order valence-electron chi connectivity index (χ3n) is 3.69. The van der Waals surface area contributed by atoms with E-state index in [1.54, 1.807) is 36.4 Å². The molecule has 4 heteroatoms. The molecule has 2 rings (SSSR count). The number of aromatic hydroxyl groups is 1. The van der Waals surface area contributed by atoms with Crippen LogP contribution in [0.15, 0.2) is 48.5 Å². The number of aliphatic hydroxyl groups is 1. The molecule has 0 aliphatic rings. The quantitative estimate of drug-likeness (QED) is 0.736. The van der Waals surface area contributed by atoms with Gasteiger partial charge in [0.1, 0.15) is 11.6 Å². The lowest BCUT2D eigenvalue weighted by Gasteiger charge is -2.17. The largest absolute Gasteiger partial charge is 0.508 e. The maximum absolute atomic E-state index is 12.8. The number of hydrogen-bond acceptors (Lipinski definition) is 3. The van der Waals surface area contributed by atoms with Crippen molar-refractivity contribution in [2.45, 2.75) is 31.9 Å². The third kappa shape index (κ3) is 5.13. The highest BCUT2D eigenvalue weighted by atomic mass is 19.1. The van der Waals surface area contributed by atoms with Gasteiger partial charge in [0.15, 0.2) is 0 Å². The molecule has 0 aliphatic heterocycles. The first-order valence-corrected chi connectivity index (χ1v) is 7.49. The molecule has 22 heavy (non-hydrogen) atoms. The van der Waals surface area contributed by atoms with Gasteiger partial charge in [-0.1, -0.05) is 24.3 Å². The zero-order valence-electron chi connectivity index (χ0n) is 12.7. The maximum atomic E-state index is 12.8. The van der Waals surface area contributed by atoms with Crippen LogP contribution in [0.1, 0.15) is 30.6 Å². The Morgan fingerprint density at radius 3 is 2.55 bits per heavy atom. The van der Waals surface area contributed by atoms with E-state index in [9.17, 15) is 14.6 Å². The van der Waals surface area contributed by atoms with E-state index in [1.165, 1.54) is 12.1 Å². The normalized spacial score (nSPS) is 13.8. The van der Waals surface area contributed by atoms with E-state index >= 15 is 0 Å². The zero-order chi connectivity index (χ0) is 15.9. The van der Waals surface area contributed by atoms with Crippen molar-refractivity contribution in [1.82, 2.24) is 5.32 Å². The van der Waals surface area contributed by atoms with Crippen LogP contribution >= 0.6 is 0 Å². The van der Waals surface area contributed by atoms with E-state index in [1.807, 2.05) is 0 Å². The number of aliphatic hydroxyl groups excluding tert-OH is 1. The number of benzene rings is 2. The summed E-state index contributed by atoms with van der Waals surface area (Å²) in [5.74, 6) is -0.0648. The number of aryl methyl sites for hydroxylation is 1. The van der Waals surface area contributed by atoms with Crippen molar-refractivity contribution < 1.29 is 14.6 Å². The van der Waals surface area contributed by atoms with Crippen LogP contribution in [0.2, 0.25) is 0 Å². The molecule has 1 unspecified atom stereocenters. The summed E-state index contributed by atoms with van der Waals surface area (Å²) >= 11 is 0. The Bertz CT molecular complexity index is 586. The van der Waals surface area contributed by atoms with Crippen LogP contribution in [0.25, 0.3) is 0 Å². The van der Waals surface area contributed by atoms with E-state index < -0.39 is 6.10 Å². The average Bonchev–Trinajstić information content (AvgIpc) is 2.52. The van der Waals surface area contributed by atoms with Crippen LogP contribution in [0.4, 0.5) is 4.39 Å². The van der Waals surface area contributed by atoms with Crippen LogP contribution in [0.3, 0.4) is 0 Å². The molecule has 0 saturated heterocycles. The molecule has 0 amide bonds. The lowest BCUT2D eigenvalue weighted by molar-refractivity contribution is 0.169. The van der Waals surface area contributed by atoms with Gasteiger partial charge in [0.05, 0.1) is 6.10 Å². The van der Waals surface area contributed by atoms with Crippen molar-refractivity contribution in [2.75, 3.05) is 6.54 Å². The van der Waals surface area contributed by atoms with Gasteiger partial charge >= 0.3 is 0 Å². The molecule has 3 N–H and O–H groups in total. The second-order valence-electron chi connectivity index (χ2n) is 5.59. The summed E-state index contributed by atoms with van der Waals surface area (Å²) < 4.78 is 12.8. The van der Waals surface area contributed by atoms with Gasteiger partial charge in [-0.25, -0.2) is 4.39 Å². The molecule has 0 spiro atoms. The predicted molar refractivity (Wildman–Crippen MR) is 85.3 cm³/mol. The maximum Gasteiger partial charge on any atom is 0.123 e. The number of hydrogen-bond donors (Lipinski definition) is 3. The molecular weight excluding hydrogens is 281 g/mol. The Hall–Kier alpha value is -1.91. The van der Waals surface area contributed by atoms with Crippen molar-refractivity contribution in [2.24, 2.45) is 0 Å². The summed E-state index contributed by atoms with van der Waals surface area (Å²) in [7, 11) is 0. The van der Waals surface area contributed by atoms with E-state index in [4.69, 9.17) is 0 Å². The van der Waals surface area contributed by atoms with Gasteiger partial charge < -0.3 is 15.5 Å². The molecule has 0 aromatic heterocycles. The monoisotopic (exact) mass is 303 g/mol. The second-order valence-corrected chi connectivity index (χ2v) is 5.59. The fourth-order valence-corrected chi connectivity index (χ4v) is 2.30. The van der Waals surface area contributed by atoms with Gasteiger partial charge in [-0.15, -0.1) is 0 Å². The lowest BCUT2D eigenvalue weighted by Crippen LogP contribution is -2.30. The van der Waals surface area contributed by atoms with Crippen LogP contribution < -0.4 is 5.32 Å². The molecule has 118 valence electrons. The molecule has 2 atom stereocenters. The summed E-state index contributed by atoms with van der Waals surface area (Å²) in [4.78, 5) is 0. The van der Waals surface area contributed by atoms with Gasteiger partial charge in [0.25, 0.3) is 0 Å². The molecular formula is C18H22FNO2. The molecule has 2 aromatic carbocycles. The summed E-state index contributed by atoms with van der Waals surface area (Å²) in [6, 6.07) is 13.4. The second kappa shape index (κ2) is 7.92. The SMILES string of the molecule is C[C@H](CCc1ccc(F)cc1)NCC(O)c1cccc(O)c1. The Morgan fingerprint density at radius 2 is 1.86 bits per heavy atom. The molecule has 0 bridgehead atoms. The Balaban J connectivity index is 1.75. The Kier molecular flexibility index (Phi) is 5.92. The zero-order valence-corrected chi connectivity index (χ0v) is 12.7. The highest BCUT2D eigenvalue weighted by molar-refractivity contribution is 5.28. The first-order chi connectivity index (χ1) is 10.5. The number of nitrogens with one attached hydrogen (secondary N) is 1. The van der Waals surface area contributed by atoms with Crippen molar-refractivity contribution in [3.05, 3.63) is 65.5 Å². The highest BCUT2D eigenvalue weighted by Gasteiger charge is 2.10. The van der Waals surface area contributed by atoms with Gasteiger partial charge in [-0.05, 0) is 55.2 Å². The number of phenolic OH excluding ortho intramolecular Hbond substituents is 1. The predicted octanol–water partition coefficient (Wildman–Crippen LogP) is 3.18. The lowest BCUT2D eigenvalue weighted by atomic mass is 10.1. The van der Waals surface area contributed by atoms with Crippen LogP contribution in [-0.2, 0) is 6.42 Å². The minimum atomic E-state index is -0.652. The molecule has 3 nitrogen and oxygen atoms in total. The average molecular weight is 303 g/mol. The van der Waals surface area contributed by atoms with E-state index in [0.29, 0.717) is 12.1 Å². The summed E-state index contributed by atoms with van der Waals surface area (Å²) in [6.45, 7) is 2.48. The fraction of sp³-hybridized carbons (Fsp3) is 0.333. The van der Waals surface area contributed by atoms with E-state index in [2.05, 4.69) is 12.2 Å². The Labute approximate surface area is 130 Å². The van der Waals surface area contributed by atoms with Crippen LogP contribution in [0.5, 0.6) is 5.75 Å². The Morgan fingerprint density at radius 1 is 1.14 bits per heavy atom. The highest BCUT2D eigenvalue weighted by Crippen LogP contribution is 2.17. The minimum absolute atomic E-state index is 0.154. The molecule has 0 fully saturated rings. The minimum Gasteiger partial charge on any atom is -0.508 e. The first kappa shape index (κ1) is 16.5. The molecule has 0 saturated carbocycles. The van der Waals surface area contributed by atoms with Gasteiger partial charge in [0.2, 0.25) is 0 Å². The van der Waals surface area contributed by atoms with Crippen LogP contribution in [-0.4, -0.2) is 22.8 Å². The van der Waals surface area contributed by atoms with Gasteiger partial charge in [-0.2, -0.15) is 0 Å². The summed E-state index contributed by atoms with van der Waals surface area (Å²) in [5.41, 5.74) is 1.79. The first-order valence-electron chi connectivity index (χ1n) is 7.49. The van der Waals surface area contributed by atoms with Crippen molar-refractivity contribution in [1.29, 1.82) is 0 Å².